The van der Waals surface area contributed by atoms with Gasteiger partial charge in [0.15, 0.2) is 5.75 Å². The van der Waals surface area contributed by atoms with Gasteiger partial charge in [0.2, 0.25) is 16.0 Å². The van der Waals surface area contributed by atoms with Crippen molar-refractivity contribution in [3.63, 3.8) is 0 Å². The van der Waals surface area contributed by atoms with E-state index in [0.717, 1.165) is 8.99 Å². The molecule has 3 aromatic rings. The predicted octanol–water partition coefficient (Wildman–Crippen LogP) is 2.34. The minimum atomic E-state index is -4.14. The SMILES string of the molecule is CN(C)S(=O)(=O)c1c(Cl)c(ONC(=O)c2ccccc2)cc2c1c(F)nn2C. The van der Waals surface area contributed by atoms with Crippen LogP contribution in [0.2, 0.25) is 5.02 Å². The van der Waals surface area contributed by atoms with Crippen molar-refractivity contribution >= 4 is 38.4 Å². The fraction of sp³-hybridized carbons (Fsp3) is 0.176. The van der Waals surface area contributed by atoms with Crippen LogP contribution in [0.1, 0.15) is 10.4 Å². The number of carbonyl (C=O) groups is 1. The van der Waals surface area contributed by atoms with E-state index in [4.69, 9.17) is 16.4 Å². The van der Waals surface area contributed by atoms with Crippen molar-refractivity contribution in [2.75, 3.05) is 14.1 Å². The lowest BCUT2D eigenvalue weighted by Gasteiger charge is -2.16. The summed E-state index contributed by atoms with van der Waals surface area (Å²) in [5.41, 5.74) is 2.66. The number of nitrogens with one attached hydrogen (secondary N) is 1. The van der Waals surface area contributed by atoms with Gasteiger partial charge in [-0.1, -0.05) is 29.8 Å². The number of aryl methyl sites for hydroxylation is 1. The average Bonchev–Trinajstić information content (AvgIpc) is 2.93. The normalized spacial score (nSPS) is 11.8. The molecule has 8 nitrogen and oxygen atoms in total. The Morgan fingerprint density at radius 3 is 2.54 bits per heavy atom. The standard InChI is InChI=1S/C17H16ClFN4O4S/c1-22(2)28(25,26)15-13-11(23(3)20-16(13)19)9-12(14(15)18)27-21-17(24)10-7-5-4-6-8-10/h4-9H,1-3H3,(H,21,24). The molecular weight excluding hydrogens is 411 g/mol. The number of carbonyl (C=O) groups excluding carboxylic acids is 1. The quantitative estimate of drug-likeness (QED) is 0.632. The van der Waals surface area contributed by atoms with E-state index in [0.29, 0.717) is 5.56 Å². The monoisotopic (exact) mass is 426 g/mol. The van der Waals surface area contributed by atoms with Gasteiger partial charge in [-0.15, -0.1) is 5.10 Å². The number of sulfonamides is 1. The zero-order valence-electron chi connectivity index (χ0n) is 15.1. The largest absolute Gasteiger partial charge is 0.378 e. The summed E-state index contributed by atoms with van der Waals surface area (Å²) < 4.78 is 41.8. The first-order valence-corrected chi connectivity index (χ1v) is 9.76. The molecule has 3 rings (SSSR count). The van der Waals surface area contributed by atoms with E-state index in [9.17, 15) is 17.6 Å². The number of aromatic nitrogens is 2. The third-order valence-corrected chi connectivity index (χ3v) is 6.36. The van der Waals surface area contributed by atoms with E-state index >= 15 is 0 Å². The van der Waals surface area contributed by atoms with Crippen LogP contribution in [0.25, 0.3) is 10.9 Å². The van der Waals surface area contributed by atoms with Crippen LogP contribution >= 0.6 is 11.6 Å². The number of hydrogen-bond acceptors (Lipinski definition) is 5. The van der Waals surface area contributed by atoms with Gasteiger partial charge >= 0.3 is 0 Å². The molecule has 0 fully saturated rings. The molecule has 2 aromatic carbocycles. The molecule has 28 heavy (non-hydrogen) atoms. The molecule has 0 radical (unpaired) electrons. The Hall–Kier alpha value is -2.69. The molecule has 1 amide bonds. The molecule has 0 aliphatic carbocycles. The van der Waals surface area contributed by atoms with Gasteiger partial charge in [0.1, 0.15) is 9.92 Å². The van der Waals surface area contributed by atoms with Crippen molar-refractivity contribution in [3.05, 3.63) is 52.9 Å². The maximum atomic E-state index is 14.3. The van der Waals surface area contributed by atoms with Crippen LogP contribution < -0.4 is 10.3 Å². The molecule has 0 bridgehead atoms. The highest BCUT2D eigenvalue weighted by Gasteiger charge is 2.31. The Balaban J connectivity index is 2.10. The van der Waals surface area contributed by atoms with Crippen molar-refractivity contribution in [1.29, 1.82) is 0 Å². The van der Waals surface area contributed by atoms with Gasteiger partial charge in [0, 0.05) is 32.8 Å². The van der Waals surface area contributed by atoms with Crippen LogP contribution in [0.4, 0.5) is 4.39 Å². The second-order valence-corrected chi connectivity index (χ2v) is 8.48. The second-order valence-electron chi connectivity index (χ2n) is 6.01. The maximum absolute atomic E-state index is 14.3. The van der Waals surface area contributed by atoms with E-state index in [2.05, 4.69) is 10.6 Å². The molecule has 148 valence electrons. The maximum Gasteiger partial charge on any atom is 0.283 e. The number of fused-ring (bicyclic) bond motifs is 1. The summed E-state index contributed by atoms with van der Waals surface area (Å²) in [6.07, 6.45) is 0. The molecule has 0 saturated heterocycles. The summed E-state index contributed by atoms with van der Waals surface area (Å²) in [6, 6.07) is 9.54. The molecule has 0 saturated carbocycles. The highest BCUT2D eigenvalue weighted by Crippen LogP contribution is 2.39. The van der Waals surface area contributed by atoms with Crippen molar-refractivity contribution in [3.8, 4) is 5.75 Å². The Morgan fingerprint density at radius 2 is 1.93 bits per heavy atom. The van der Waals surface area contributed by atoms with Crippen LogP contribution in [0.5, 0.6) is 5.75 Å². The number of halogens is 2. The molecular formula is C17H16ClFN4O4S. The third kappa shape index (κ3) is 3.41. The zero-order chi connectivity index (χ0) is 20.6. The van der Waals surface area contributed by atoms with Crippen molar-refractivity contribution < 1.29 is 22.4 Å². The first-order chi connectivity index (χ1) is 13.1. The van der Waals surface area contributed by atoms with Crippen LogP contribution in [-0.4, -0.2) is 42.5 Å². The van der Waals surface area contributed by atoms with Gasteiger partial charge in [-0.3, -0.25) is 9.48 Å². The smallest absolute Gasteiger partial charge is 0.283 e. The van der Waals surface area contributed by atoms with Crippen LogP contribution in [0.3, 0.4) is 0 Å². The number of rotatable bonds is 5. The van der Waals surface area contributed by atoms with Gasteiger partial charge in [-0.25, -0.2) is 12.7 Å². The summed E-state index contributed by atoms with van der Waals surface area (Å²) >= 11 is 6.24. The van der Waals surface area contributed by atoms with Crippen molar-refractivity contribution in [2.24, 2.45) is 7.05 Å². The summed E-state index contributed by atoms with van der Waals surface area (Å²) in [4.78, 5) is 16.9. The molecule has 0 spiro atoms. The molecule has 11 heteroatoms. The summed E-state index contributed by atoms with van der Waals surface area (Å²) in [5, 5.41) is 2.98. The first kappa shape index (κ1) is 20.1. The first-order valence-electron chi connectivity index (χ1n) is 7.94. The molecule has 0 aliphatic rings. The van der Waals surface area contributed by atoms with Crippen LogP contribution in [-0.2, 0) is 17.1 Å². The topological polar surface area (TPSA) is 93.5 Å². The number of amides is 1. The molecule has 1 N–H and O–H groups in total. The molecule has 0 atom stereocenters. The summed E-state index contributed by atoms with van der Waals surface area (Å²) in [7, 11) is -0.123. The van der Waals surface area contributed by atoms with Crippen molar-refractivity contribution in [1.82, 2.24) is 19.6 Å². The number of hydrogen-bond donors (Lipinski definition) is 1. The van der Waals surface area contributed by atoms with E-state index in [1.165, 1.54) is 27.2 Å². The van der Waals surface area contributed by atoms with Crippen LogP contribution in [0, 0.1) is 5.95 Å². The molecule has 0 unspecified atom stereocenters. The van der Waals surface area contributed by atoms with E-state index in [-0.39, 0.29) is 21.7 Å². The fourth-order valence-corrected chi connectivity index (χ4v) is 4.16. The highest BCUT2D eigenvalue weighted by molar-refractivity contribution is 7.89. The Bertz CT molecular complexity index is 1160. The highest BCUT2D eigenvalue weighted by atomic mass is 35.5. The lowest BCUT2D eigenvalue weighted by atomic mass is 10.2. The van der Waals surface area contributed by atoms with Crippen LogP contribution in [0.15, 0.2) is 41.3 Å². The number of benzene rings is 2. The summed E-state index contributed by atoms with van der Waals surface area (Å²) in [6.45, 7) is 0. The van der Waals surface area contributed by atoms with Gasteiger partial charge in [0.25, 0.3) is 5.91 Å². The Labute approximate surface area is 165 Å². The third-order valence-electron chi connectivity index (χ3n) is 3.99. The average molecular weight is 427 g/mol. The Kier molecular flexibility index (Phi) is 5.28. The molecule has 0 aliphatic heterocycles. The van der Waals surface area contributed by atoms with Gasteiger partial charge in [0.05, 0.1) is 10.9 Å². The van der Waals surface area contributed by atoms with Gasteiger partial charge < -0.3 is 4.84 Å². The van der Waals surface area contributed by atoms with Gasteiger partial charge in [-0.2, -0.15) is 9.87 Å². The van der Waals surface area contributed by atoms with E-state index in [1.54, 1.807) is 30.3 Å². The minimum Gasteiger partial charge on any atom is -0.378 e. The Morgan fingerprint density at radius 1 is 1.29 bits per heavy atom. The van der Waals surface area contributed by atoms with E-state index < -0.39 is 26.8 Å². The second kappa shape index (κ2) is 7.38. The predicted molar refractivity (Wildman–Crippen MR) is 101 cm³/mol. The zero-order valence-corrected chi connectivity index (χ0v) is 16.7. The molecule has 1 heterocycles. The lowest BCUT2D eigenvalue weighted by Crippen LogP contribution is -2.27. The van der Waals surface area contributed by atoms with Gasteiger partial charge in [-0.05, 0) is 12.1 Å². The minimum absolute atomic E-state index is 0.131. The van der Waals surface area contributed by atoms with Crippen molar-refractivity contribution in [2.45, 2.75) is 4.90 Å². The van der Waals surface area contributed by atoms with E-state index in [1.807, 2.05) is 0 Å². The number of nitrogens with zero attached hydrogens (tertiary/aromatic N) is 3. The lowest BCUT2D eigenvalue weighted by molar-refractivity contribution is 0.0760. The number of hydroxylamine groups is 1. The molecule has 1 aromatic heterocycles. The fourth-order valence-electron chi connectivity index (χ4n) is 2.54. The summed E-state index contributed by atoms with van der Waals surface area (Å²) in [5.74, 6) is -1.72.